The molecule has 0 aliphatic carbocycles. The Hall–Kier alpha value is -1.70. The minimum atomic E-state index is -3.54. The summed E-state index contributed by atoms with van der Waals surface area (Å²) in [5.41, 5.74) is 1.57. The van der Waals surface area contributed by atoms with Crippen LogP contribution in [0.3, 0.4) is 0 Å². The van der Waals surface area contributed by atoms with Gasteiger partial charge >= 0.3 is 0 Å². The predicted molar refractivity (Wildman–Crippen MR) is 109 cm³/mol. The van der Waals surface area contributed by atoms with E-state index in [1.165, 1.54) is 15.9 Å². The molecule has 1 saturated heterocycles. The Kier molecular flexibility index (Phi) is 6.68. The first-order valence-electron chi connectivity index (χ1n) is 9.10. The van der Waals surface area contributed by atoms with E-state index in [0.717, 1.165) is 25.7 Å². The summed E-state index contributed by atoms with van der Waals surface area (Å²) in [5.74, 6) is -0.270. The van der Waals surface area contributed by atoms with E-state index in [-0.39, 0.29) is 10.8 Å². The molecule has 1 aliphatic rings. The van der Waals surface area contributed by atoms with Gasteiger partial charge in [-0.2, -0.15) is 4.31 Å². The van der Waals surface area contributed by atoms with Gasteiger partial charge in [0.25, 0.3) is 5.91 Å². The standard InChI is InChI=1S/C20H23BrN2O3S/c21-19-11-10-17(27(25,26)23-13-4-5-14-23)15-18(19)20(24)22-12-6-9-16-7-2-1-3-8-16/h1-3,7-8,10-11,15H,4-6,9,12-14H2,(H,22,24). The second kappa shape index (κ2) is 8.99. The summed E-state index contributed by atoms with van der Waals surface area (Å²) in [4.78, 5) is 12.7. The molecule has 0 unspecified atom stereocenters. The molecule has 0 radical (unpaired) electrons. The van der Waals surface area contributed by atoms with Crippen LogP contribution in [0, 0.1) is 0 Å². The number of nitrogens with one attached hydrogen (secondary N) is 1. The molecule has 1 heterocycles. The third kappa shape index (κ3) is 4.97. The average Bonchev–Trinajstić information content (AvgIpc) is 3.22. The van der Waals surface area contributed by atoms with E-state index in [1.54, 1.807) is 12.1 Å². The van der Waals surface area contributed by atoms with E-state index in [4.69, 9.17) is 0 Å². The number of sulfonamides is 1. The monoisotopic (exact) mass is 450 g/mol. The predicted octanol–water partition coefficient (Wildman–Crippen LogP) is 3.60. The molecule has 7 heteroatoms. The quantitative estimate of drug-likeness (QED) is 0.655. The first kappa shape index (κ1) is 20.0. The van der Waals surface area contributed by atoms with Crippen LogP contribution in [0.15, 0.2) is 57.9 Å². The average molecular weight is 451 g/mol. The van der Waals surface area contributed by atoms with Crippen molar-refractivity contribution in [3.8, 4) is 0 Å². The molecule has 1 aliphatic heterocycles. The van der Waals surface area contributed by atoms with Gasteiger partial charge in [-0.25, -0.2) is 8.42 Å². The Morgan fingerprint density at radius 3 is 2.48 bits per heavy atom. The fourth-order valence-electron chi connectivity index (χ4n) is 3.15. The molecule has 1 amide bonds. The van der Waals surface area contributed by atoms with Gasteiger partial charge in [-0.05, 0) is 65.4 Å². The van der Waals surface area contributed by atoms with Gasteiger partial charge in [0.1, 0.15) is 0 Å². The number of hydrogen-bond donors (Lipinski definition) is 1. The summed E-state index contributed by atoms with van der Waals surface area (Å²) in [5, 5.41) is 2.88. The zero-order chi connectivity index (χ0) is 19.3. The Morgan fingerprint density at radius 1 is 1.07 bits per heavy atom. The molecule has 144 valence electrons. The first-order chi connectivity index (χ1) is 13.0. The van der Waals surface area contributed by atoms with Crippen molar-refractivity contribution >= 4 is 31.9 Å². The maximum atomic E-state index is 12.7. The number of rotatable bonds is 7. The van der Waals surface area contributed by atoms with Crippen molar-refractivity contribution in [2.75, 3.05) is 19.6 Å². The second-order valence-corrected chi connectivity index (χ2v) is 9.39. The zero-order valence-electron chi connectivity index (χ0n) is 15.0. The highest BCUT2D eigenvalue weighted by Gasteiger charge is 2.28. The van der Waals surface area contributed by atoms with Gasteiger partial charge < -0.3 is 5.32 Å². The Bertz CT molecular complexity index is 895. The molecule has 0 aromatic heterocycles. The van der Waals surface area contributed by atoms with Gasteiger partial charge in [0, 0.05) is 24.1 Å². The number of amides is 1. The number of carbonyl (C=O) groups is 1. The van der Waals surface area contributed by atoms with Crippen LogP contribution >= 0.6 is 15.9 Å². The van der Waals surface area contributed by atoms with Crippen LogP contribution in [0.25, 0.3) is 0 Å². The number of halogens is 1. The van der Waals surface area contributed by atoms with Crippen molar-refractivity contribution in [2.24, 2.45) is 0 Å². The van der Waals surface area contributed by atoms with Crippen LogP contribution in [0.1, 0.15) is 35.2 Å². The number of hydrogen-bond acceptors (Lipinski definition) is 3. The van der Waals surface area contributed by atoms with Gasteiger partial charge in [0.05, 0.1) is 10.5 Å². The third-order valence-corrected chi connectivity index (χ3v) is 7.24. The van der Waals surface area contributed by atoms with Crippen molar-refractivity contribution in [2.45, 2.75) is 30.6 Å². The summed E-state index contributed by atoms with van der Waals surface area (Å²) in [6, 6.07) is 14.7. The Morgan fingerprint density at radius 2 is 1.78 bits per heavy atom. The molecule has 2 aromatic carbocycles. The number of carbonyl (C=O) groups excluding carboxylic acids is 1. The molecular weight excluding hydrogens is 428 g/mol. The zero-order valence-corrected chi connectivity index (χ0v) is 17.4. The highest BCUT2D eigenvalue weighted by molar-refractivity contribution is 9.10. The van der Waals surface area contributed by atoms with Crippen molar-refractivity contribution in [3.05, 3.63) is 64.1 Å². The van der Waals surface area contributed by atoms with E-state index in [9.17, 15) is 13.2 Å². The molecule has 27 heavy (non-hydrogen) atoms. The molecule has 0 bridgehead atoms. The molecule has 5 nitrogen and oxygen atoms in total. The molecule has 0 saturated carbocycles. The fraction of sp³-hybridized carbons (Fsp3) is 0.350. The highest BCUT2D eigenvalue weighted by atomic mass is 79.9. The minimum absolute atomic E-state index is 0.169. The van der Waals surface area contributed by atoms with Crippen molar-refractivity contribution < 1.29 is 13.2 Å². The van der Waals surface area contributed by atoms with Crippen LogP contribution < -0.4 is 5.32 Å². The number of benzene rings is 2. The SMILES string of the molecule is O=C(NCCCc1ccccc1)c1cc(S(=O)(=O)N2CCCC2)ccc1Br. The summed E-state index contributed by atoms with van der Waals surface area (Å²) in [7, 11) is -3.54. The molecule has 2 aromatic rings. The van der Waals surface area contributed by atoms with Gasteiger partial charge in [0.15, 0.2) is 0 Å². The lowest BCUT2D eigenvalue weighted by atomic mass is 10.1. The minimum Gasteiger partial charge on any atom is -0.352 e. The fourth-order valence-corrected chi connectivity index (χ4v) is 5.12. The van der Waals surface area contributed by atoms with E-state index in [2.05, 4.69) is 33.4 Å². The topological polar surface area (TPSA) is 66.5 Å². The van der Waals surface area contributed by atoms with Crippen LogP contribution in [0.5, 0.6) is 0 Å². The van der Waals surface area contributed by atoms with Gasteiger partial charge in [-0.3, -0.25) is 4.79 Å². The van der Waals surface area contributed by atoms with Crippen LogP contribution in [0.4, 0.5) is 0 Å². The summed E-state index contributed by atoms with van der Waals surface area (Å²) in [6.45, 7) is 1.61. The normalized spacial score (nSPS) is 15.0. The van der Waals surface area contributed by atoms with Gasteiger partial charge in [0.2, 0.25) is 10.0 Å². The van der Waals surface area contributed by atoms with Crippen molar-refractivity contribution in [3.63, 3.8) is 0 Å². The molecular formula is C20H23BrN2O3S. The lowest BCUT2D eigenvalue weighted by molar-refractivity contribution is 0.0952. The van der Waals surface area contributed by atoms with Crippen LogP contribution in [0.2, 0.25) is 0 Å². The smallest absolute Gasteiger partial charge is 0.252 e. The van der Waals surface area contributed by atoms with E-state index < -0.39 is 10.0 Å². The van der Waals surface area contributed by atoms with Crippen LogP contribution in [-0.2, 0) is 16.4 Å². The molecule has 3 rings (SSSR count). The van der Waals surface area contributed by atoms with Gasteiger partial charge in [-0.15, -0.1) is 0 Å². The number of aryl methyl sites for hydroxylation is 1. The number of nitrogens with zero attached hydrogens (tertiary/aromatic N) is 1. The summed E-state index contributed by atoms with van der Waals surface area (Å²) in [6.07, 6.45) is 3.46. The molecule has 0 spiro atoms. The van der Waals surface area contributed by atoms with Gasteiger partial charge in [-0.1, -0.05) is 30.3 Å². The van der Waals surface area contributed by atoms with E-state index >= 15 is 0 Å². The summed E-state index contributed by atoms with van der Waals surface area (Å²) < 4.78 is 27.5. The highest BCUT2D eigenvalue weighted by Crippen LogP contribution is 2.25. The lowest BCUT2D eigenvalue weighted by Crippen LogP contribution is -2.29. The van der Waals surface area contributed by atoms with Crippen molar-refractivity contribution in [1.29, 1.82) is 0 Å². The van der Waals surface area contributed by atoms with E-state index in [1.807, 2.05) is 18.2 Å². The maximum Gasteiger partial charge on any atom is 0.252 e. The third-order valence-electron chi connectivity index (χ3n) is 4.66. The summed E-state index contributed by atoms with van der Waals surface area (Å²) >= 11 is 3.36. The Balaban J connectivity index is 1.64. The first-order valence-corrected chi connectivity index (χ1v) is 11.3. The molecule has 1 fully saturated rings. The maximum absolute atomic E-state index is 12.7. The largest absolute Gasteiger partial charge is 0.352 e. The van der Waals surface area contributed by atoms with Crippen LogP contribution in [-0.4, -0.2) is 38.3 Å². The second-order valence-electron chi connectivity index (χ2n) is 6.60. The lowest BCUT2D eigenvalue weighted by Gasteiger charge is -2.16. The van der Waals surface area contributed by atoms with Crippen molar-refractivity contribution in [1.82, 2.24) is 9.62 Å². The molecule has 1 N–H and O–H groups in total. The molecule has 0 atom stereocenters. The van der Waals surface area contributed by atoms with E-state index in [0.29, 0.717) is 29.7 Å². The Labute approximate surface area is 169 Å².